The van der Waals surface area contributed by atoms with Crippen molar-refractivity contribution in [3.8, 4) is 0 Å². The molecule has 1 aliphatic rings. The van der Waals surface area contributed by atoms with Crippen LogP contribution in [0.4, 0.5) is 19.0 Å². The van der Waals surface area contributed by atoms with E-state index in [1.807, 2.05) is 19.0 Å². The molecule has 0 spiro atoms. The van der Waals surface area contributed by atoms with E-state index in [1.165, 1.54) is 0 Å². The Morgan fingerprint density at radius 1 is 1.35 bits per heavy atom. The maximum Gasteiger partial charge on any atom is 0.433 e. The molecule has 1 aromatic rings. The Bertz CT molecular complexity index is 478. The second-order valence-corrected chi connectivity index (χ2v) is 5.42. The number of hydrogen-bond donors (Lipinski definition) is 0. The van der Waals surface area contributed by atoms with Crippen LogP contribution in [0.2, 0.25) is 5.28 Å². The first-order valence-electron chi connectivity index (χ1n) is 6.30. The first kappa shape index (κ1) is 15.3. The molecule has 20 heavy (non-hydrogen) atoms. The maximum atomic E-state index is 12.7. The Balaban J connectivity index is 2.26. The van der Waals surface area contributed by atoms with Crippen LogP contribution in [0, 0.1) is 0 Å². The number of anilines is 1. The molecule has 0 aliphatic carbocycles. The van der Waals surface area contributed by atoms with Gasteiger partial charge in [-0.1, -0.05) is 0 Å². The van der Waals surface area contributed by atoms with Crippen molar-refractivity contribution in [3.63, 3.8) is 0 Å². The summed E-state index contributed by atoms with van der Waals surface area (Å²) in [4.78, 5) is 11.1. The molecule has 0 aromatic carbocycles. The zero-order valence-electron chi connectivity index (χ0n) is 11.3. The minimum absolute atomic E-state index is 0.240. The van der Waals surface area contributed by atoms with Crippen molar-refractivity contribution in [2.24, 2.45) is 0 Å². The van der Waals surface area contributed by atoms with Crippen molar-refractivity contribution < 1.29 is 13.2 Å². The summed E-state index contributed by atoms with van der Waals surface area (Å²) in [7, 11) is 3.92. The minimum Gasteiger partial charge on any atom is -0.355 e. The Morgan fingerprint density at radius 2 is 2.05 bits per heavy atom. The number of piperidine rings is 1. The van der Waals surface area contributed by atoms with Crippen LogP contribution in [0.1, 0.15) is 18.5 Å². The highest BCUT2D eigenvalue weighted by Crippen LogP contribution is 2.31. The molecule has 1 atom stereocenters. The number of rotatable bonds is 2. The zero-order chi connectivity index (χ0) is 14.9. The van der Waals surface area contributed by atoms with Crippen LogP contribution in [-0.4, -0.2) is 48.1 Å². The molecule has 112 valence electrons. The van der Waals surface area contributed by atoms with Crippen LogP contribution in [0.3, 0.4) is 0 Å². The number of halogens is 4. The number of nitrogens with zero attached hydrogens (tertiary/aromatic N) is 4. The highest BCUT2D eigenvalue weighted by molar-refractivity contribution is 6.28. The van der Waals surface area contributed by atoms with E-state index < -0.39 is 11.9 Å². The van der Waals surface area contributed by atoms with Crippen molar-refractivity contribution in [3.05, 3.63) is 17.0 Å². The van der Waals surface area contributed by atoms with Crippen molar-refractivity contribution in [2.45, 2.75) is 25.1 Å². The average molecular weight is 309 g/mol. The molecule has 8 heteroatoms. The fourth-order valence-electron chi connectivity index (χ4n) is 2.30. The van der Waals surface area contributed by atoms with E-state index in [0.717, 1.165) is 18.9 Å². The minimum atomic E-state index is -4.52. The highest BCUT2D eigenvalue weighted by atomic mass is 35.5. The van der Waals surface area contributed by atoms with Crippen molar-refractivity contribution in [1.82, 2.24) is 14.9 Å². The predicted octanol–water partition coefficient (Wildman–Crippen LogP) is 2.68. The van der Waals surface area contributed by atoms with Crippen molar-refractivity contribution >= 4 is 17.4 Å². The van der Waals surface area contributed by atoms with Crippen LogP contribution in [-0.2, 0) is 6.18 Å². The number of alkyl halides is 3. The highest BCUT2D eigenvalue weighted by Gasteiger charge is 2.34. The van der Waals surface area contributed by atoms with Crippen LogP contribution >= 0.6 is 11.6 Å². The normalized spacial score (nSPS) is 20.6. The van der Waals surface area contributed by atoms with Crippen molar-refractivity contribution in [1.29, 1.82) is 0 Å². The molecule has 2 rings (SSSR count). The summed E-state index contributed by atoms with van der Waals surface area (Å²) in [6.45, 7) is 1.31. The zero-order valence-corrected chi connectivity index (χ0v) is 12.0. The predicted molar refractivity (Wildman–Crippen MR) is 71.0 cm³/mol. The third kappa shape index (κ3) is 3.52. The van der Waals surface area contributed by atoms with Gasteiger partial charge < -0.3 is 9.80 Å². The maximum absolute atomic E-state index is 12.7. The molecule has 0 saturated carbocycles. The Labute approximate surface area is 120 Å². The molecule has 1 unspecified atom stereocenters. The molecule has 0 bridgehead atoms. The van der Waals surface area contributed by atoms with E-state index in [4.69, 9.17) is 11.6 Å². The van der Waals surface area contributed by atoms with E-state index >= 15 is 0 Å². The molecule has 4 nitrogen and oxygen atoms in total. The second kappa shape index (κ2) is 5.73. The molecule has 2 heterocycles. The van der Waals surface area contributed by atoms with E-state index in [2.05, 4.69) is 14.9 Å². The standard InChI is InChI=1S/C12H16ClF3N4/c1-19(2)8-4-3-5-20(7-8)10-6-9(12(14,15)16)17-11(13)18-10/h6,8H,3-5,7H2,1-2H3. The van der Waals surface area contributed by atoms with E-state index in [0.29, 0.717) is 19.1 Å². The molecule has 1 fully saturated rings. The van der Waals surface area contributed by atoms with Gasteiger partial charge in [0.1, 0.15) is 5.82 Å². The van der Waals surface area contributed by atoms with Gasteiger partial charge >= 0.3 is 6.18 Å². The molecule has 1 saturated heterocycles. The molecule has 1 aliphatic heterocycles. The molecule has 0 N–H and O–H groups in total. The van der Waals surface area contributed by atoms with Gasteiger partial charge in [-0.25, -0.2) is 9.97 Å². The third-order valence-electron chi connectivity index (χ3n) is 3.43. The fourth-order valence-corrected chi connectivity index (χ4v) is 2.47. The van der Waals surface area contributed by atoms with Crippen LogP contribution < -0.4 is 4.90 Å². The topological polar surface area (TPSA) is 32.3 Å². The first-order valence-corrected chi connectivity index (χ1v) is 6.68. The van der Waals surface area contributed by atoms with Gasteiger partial charge in [0, 0.05) is 25.2 Å². The summed E-state index contributed by atoms with van der Waals surface area (Å²) in [6, 6.07) is 1.26. The second-order valence-electron chi connectivity index (χ2n) is 5.08. The lowest BCUT2D eigenvalue weighted by Crippen LogP contribution is -2.45. The lowest BCUT2D eigenvalue weighted by atomic mass is 10.0. The largest absolute Gasteiger partial charge is 0.433 e. The molecule has 0 radical (unpaired) electrons. The Morgan fingerprint density at radius 3 is 2.65 bits per heavy atom. The molecule has 0 amide bonds. The summed E-state index contributed by atoms with van der Waals surface area (Å²) in [5.74, 6) is 0.240. The van der Waals surface area contributed by atoms with Gasteiger partial charge in [-0.2, -0.15) is 13.2 Å². The quantitative estimate of drug-likeness (QED) is 0.786. The van der Waals surface area contributed by atoms with Gasteiger partial charge in [-0.15, -0.1) is 0 Å². The first-order chi connectivity index (χ1) is 9.27. The number of hydrogen-bond acceptors (Lipinski definition) is 4. The monoisotopic (exact) mass is 308 g/mol. The van der Waals surface area contributed by atoms with Crippen molar-refractivity contribution in [2.75, 3.05) is 32.1 Å². The van der Waals surface area contributed by atoms with Gasteiger partial charge in [0.05, 0.1) is 0 Å². The Hall–Kier alpha value is -1.08. The smallest absolute Gasteiger partial charge is 0.355 e. The van der Waals surface area contributed by atoms with E-state index in [-0.39, 0.29) is 11.1 Å². The van der Waals surface area contributed by atoms with Crippen LogP contribution in [0.5, 0.6) is 0 Å². The van der Waals surface area contributed by atoms with Crippen LogP contribution in [0.25, 0.3) is 0 Å². The Kier molecular flexibility index (Phi) is 4.39. The lowest BCUT2D eigenvalue weighted by molar-refractivity contribution is -0.141. The lowest BCUT2D eigenvalue weighted by Gasteiger charge is -2.36. The summed E-state index contributed by atoms with van der Waals surface area (Å²) < 4.78 is 38.2. The summed E-state index contributed by atoms with van der Waals surface area (Å²) in [5, 5.41) is -0.373. The van der Waals surface area contributed by atoms with Crippen LogP contribution in [0.15, 0.2) is 6.07 Å². The third-order valence-corrected chi connectivity index (χ3v) is 3.60. The van der Waals surface area contributed by atoms with Gasteiger partial charge in [0.15, 0.2) is 5.69 Å². The fraction of sp³-hybridized carbons (Fsp3) is 0.667. The summed E-state index contributed by atoms with van der Waals surface area (Å²) in [5.41, 5.74) is -1.00. The van der Waals surface area contributed by atoms with Gasteiger partial charge in [-0.3, -0.25) is 0 Å². The molecular weight excluding hydrogens is 293 g/mol. The SMILES string of the molecule is CN(C)C1CCCN(c2cc(C(F)(F)F)nc(Cl)n2)C1. The van der Waals surface area contributed by atoms with Gasteiger partial charge in [0.25, 0.3) is 0 Å². The average Bonchev–Trinajstić information content (AvgIpc) is 2.37. The van der Waals surface area contributed by atoms with Gasteiger partial charge in [0.2, 0.25) is 5.28 Å². The van der Waals surface area contributed by atoms with E-state index in [9.17, 15) is 13.2 Å². The van der Waals surface area contributed by atoms with Gasteiger partial charge in [-0.05, 0) is 38.5 Å². The number of aromatic nitrogens is 2. The van der Waals surface area contributed by atoms with E-state index in [1.54, 1.807) is 0 Å². The number of likely N-dealkylation sites (N-methyl/N-ethyl adjacent to an activating group) is 1. The summed E-state index contributed by atoms with van der Waals surface area (Å²) in [6.07, 6.45) is -2.58. The molecular formula is C12H16ClF3N4. The summed E-state index contributed by atoms with van der Waals surface area (Å²) >= 11 is 5.61. The molecule has 1 aromatic heterocycles.